The van der Waals surface area contributed by atoms with Gasteiger partial charge in [0.25, 0.3) is 0 Å². The monoisotopic (exact) mass is 493 g/mol. The number of Topliss-reactive ketones (excluding diaryl/α,β-unsaturated/α-hetero) is 1. The van der Waals surface area contributed by atoms with Gasteiger partial charge in [-0.3, -0.25) is 9.59 Å². The summed E-state index contributed by atoms with van der Waals surface area (Å²) < 4.78 is 16.2. The number of hydrogen-bond donors (Lipinski definition) is 1. The second kappa shape index (κ2) is 10.6. The number of thioether (sulfide) groups is 1. The SMILES string of the molecule is C=C1NC2=C(C(=O)CC(c3ccc(OC)c(OC)c3)C2)C(c2ccc(SC)cc2)C1C(=O)OCC. The molecule has 0 saturated heterocycles. The predicted molar refractivity (Wildman–Crippen MR) is 137 cm³/mol. The maximum atomic E-state index is 13.7. The van der Waals surface area contributed by atoms with Crippen LogP contribution in [0.15, 0.2) is 70.9 Å². The zero-order chi connectivity index (χ0) is 25.1. The van der Waals surface area contributed by atoms with E-state index in [4.69, 9.17) is 14.2 Å². The molecule has 3 atom stereocenters. The maximum Gasteiger partial charge on any atom is 0.315 e. The topological polar surface area (TPSA) is 73.9 Å². The fourth-order valence-corrected chi connectivity index (χ4v) is 5.48. The van der Waals surface area contributed by atoms with Crippen molar-refractivity contribution < 1.29 is 23.8 Å². The average Bonchev–Trinajstić information content (AvgIpc) is 2.87. The highest BCUT2D eigenvalue weighted by Gasteiger charge is 2.45. The molecular formula is C28H31NO5S. The first-order chi connectivity index (χ1) is 16.9. The summed E-state index contributed by atoms with van der Waals surface area (Å²) in [5.74, 6) is -0.201. The van der Waals surface area contributed by atoms with Crippen LogP contribution >= 0.6 is 11.8 Å². The van der Waals surface area contributed by atoms with Crippen molar-refractivity contribution in [3.8, 4) is 11.5 Å². The van der Waals surface area contributed by atoms with Gasteiger partial charge in [-0.2, -0.15) is 0 Å². The van der Waals surface area contributed by atoms with Gasteiger partial charge in [0, 0.05) is 34.2 Å². The molecule has 0 bridgehead atoms. The summed E-state index contributed by atoms with van der Waals surface area (Å²) in [6.45, 7) is 6.22. The smallest absolute Gasteiger partial charge is 0.315 e. The number of benzene rings is 2. The van der Waals surface area contributed by atoms with Crippen LogP contribution in [0.4, 0.5) is 0 Å². The van der Waals surface area contributed by atoms with Gasteiger partial charge in [-0.05, 0) is 60.9 Å². The standard InChI is InChI=1S/C28H31NO5S/c1-6-34-28(31)25-16(2)29-21-13-19(18-9-12-23(32-3)24(15-18)33-4)14-22(30)27(21)26(25)17-7-10-20(35-5)11-8-17/h7-12,15,19,25-26,29H,2,6,13-14H2,1,3-5H3. The number of rotatable bonds is 7. The van der Waals surface area contributed by atoms with Crippen LogP contribution in [-0.2, 0) is 14.3 Å². The summed E-state index contributed by atoms with van der Waals surface area (Å²) in [5, 5.41) is 3.31. The Labute approximate surface area is 210 Å². The molecule has 3 unspecified atom stereocenters. The van der Waals surface area contributed by atoms with E-state index in [1.165, 1.54) is 0 Å². The Morgan fingerprint density at radius 1 is 1.06 bits per heavy atom. The summed E-state index contributed by atoms with van der Waals surface area (Å²) in [7, 11) is 3.20. The van der Waals surface area contributed by atoms with E-state index in [2.05, 4.69) is 11.9 Å². The number of allylic oxidation sites excluding steroid dienone is 2. The molecular weight excluding hydrogens is 462 g/mol. The van der Waals surface area contributed by atoms with Crippen LogP contribution in [0.5, 0.6) is 11.5 Å². The molecule has 4 rings (SSSR count). The molecule has 0 fully saturated rings. The molecule has 0 saturated carbocycles. The molecule has 6 nitrogen and oxygen atoms in total. The molecule has 0 spiro atoms. The zero-order valence-corrected chi connectivity index (χ0v) is 21.4. The van der Waals surface area contributed by atoms with Gasteiger partial charge < -0.3 is 19.5 Å². The third-order valence-corrected chi connectivity index (χ3v) is 7.48. The van der Waals surface area contributed by atoms with Crippen LogP contribution in [0.1, 0.15) is 42.7 Å². The first kappa shape index (κ1) is 24.9. The molecule has 0 radical (unpaired) electrons. The summed E-state index contributed by atoms with van der Waals surface area (Å²) in [5.41, 5.74) is 3.95. The van der Waals surface area contributed by atoms with Crippen LogP contribution in [0.2, 0.25) is 0 Å². The summed E-state index contributed by atoms with van der Waals surface area (Å²) in [6, 6.07) is 13.8. The van der Waals surface area contributed by atoms with E-state index in [9.17, 15) is 9.59 Å². The van der Waals surface area contributed by atoms with Gasteiger partial charge >= 0.3 is 5.97 Å². The van der Waals surface area contributed by atoms with Gasteiger partial charge in [0.1, 0.15) is 5.92 Å². The van der Waals surface area contributed by atoms with Gasteiger partial charge in [0.2, 0.25) is 0 Å². The Hall–Kier alpha value is -3.19. The van der Waals surface area contributed by atoms with Gasteiger partial charge in [-0.15, -0.1) is 11.8 Å². The van der Waals surface area contributed by atoms with Crippen molar-refractivity contribution in [1.29, 1.82) is 0 Å². The van der Waals surface area contributed by atoms with Gasteiger partial charge in [0.15, 0.2) is 17.3 Å². The van der Waals surface area contributed by atoms with Crippen LogP contribution < -0.4 is 14.8 Å². The molecule has 1 heterocycles. The number of carbonyl (C=O) groups is 2. The number of methoxy groups -OCH3 is 2. The second-order valence-corrected chi connectivity index (χ2v) is 9.55. The predicted octanol–water partition coefficient (Wildman–Crippen LogP) is 5.21. The molecule has 1 aliphatic heterocycles. The van der Waals surface area contributed by atoms with Crippen LogP contribution in [0.3, 0.4) is 0 Å². The Morgan fingerprint density at radius 2 is 1.74 bits per heavy atom. The maximum absolute atomic E-state index is 13.7. The summed E-state index contributed by atoms with van der Waals surface area (Å²) >= 11 is 1.65. The van der Waals surface area contributed by atoms with E-state index in [1.54, 1.807) is 32.9 Å². The molecule has 2 aromatic rings. The third kappa shape index (κ3) is 4.82. The number of esters is 1. The highest BCUT2D eigenvalue weighted by atomic mass is 32.2. The van der Waals surface area contributed by atoms with Crippen LogP contribution in [0.25, 0.3) is 0 Å². The minimum atomic E-state index is -0.671. The number of carbonyl (C=O) groups excluding carboxylic acids is 2. The lowest BCUT2D eigenvalue weighted by atomic mass is 9.69. The lowest BCUT2D eigenvalue weighted by Gasteiger charge is -2.40. The molecule has 2 aliphatic rings. The molecule has 184 valence electrons. The fourth-order valence-electron chi connectivity index (χ4n) is 5.07. The molecule has 7 heteroatoms. The Balaban J connectivity index is 1.76. The molecule has 1 aliphatic carbocycles. The first-order valence-corrected chi connectivity index (χ1v) is 12.9. The fraction of sp³-hybridized carbons (Fsp3) is 0.357. The van der Waals surface area contributed by atoms with E-state index >= 15 is 0 Å². The van der Waals surface area contributed by atoms with Crippen molar-refractivity contribution >= 4 is 23.5 Å². The van der Waals surface area contributed by atoms with Gasteiger partial charge in [0.05, 0.1) is 20.8 Å². The number of hydrogen-bond acceptors (Lipinski definition) is 7. The average molecular weight is 494 g/mol. The lowest BCUT2D eigenvalue weighted by molar-refractivity contribution is -0.147. The normalized spacial score (nSPS) is 21.8. The van der Waals surface area contributed by atoms with Crippen LogP contribution in [0, 0.1) is 5.92 Å². The van der Waals surface area contributed by atoms with E-state index < -0.39 is 11.8 Å². The van der Waals surface area contributed by atoms with Crippen LogP contribution in [-0.4, -0.2) is 38.8 Å². The minimum absolute atomic E-state index is 0.0271. The molecule has 0 aromatic heterocycles. The van der Waals surface area contributed by atoms with Crippen molar-refractivity contribution in [3.63, 3.8) is 0 Å². The Morgan fingerprint density at radius 3 is 2.37 bits per heavy atom. The van der Waals surface area contributed by atoms with Gasteiger partial charge in [-0.1, -0.05) is 24.8 Å². The Bertz CT molecular complexity index is 1170. The third-order valence-electron chi connectivity index (χ3n) is 6.73. The molecule has 35 heavy (non-hydrogen) atoms. The number of ether oxygens (including phenoxy) is 3. The van der Waals surface area contributed by atoms with E-state index in [0.29, 0.717) is 35.6 Å². The molecule has 2 aromatic carbocycles. The van der Waals surface area contributed by atoms with Crippen molar-refractivity contribution in [2.75, 3.05) is 27.1 Å². The number of nitrogens with one attached hydrogen (secondary N) is 1. The second-order valence-electron chi connectivity index (χ2n) is 8.67. The minimum Gasteiger partial charge on any atom is -0.493 e. The van der Waals surface area contributed by atoms with Crippen molar-refractivity contribution in [3.05, 3.63) is 77.1 Å². The highest BCUT2D eigenvalue weighted by Crippen LogP contribution is 2.48. The van der Waals surface area contributed by atoms with Crippen molar-refractivity contribution in [1.82, 2.24) is 5.32 Å². The lowest BCUT2D eigenvalue weighted by Crippen LogP contribution is -2.42. The summed E-state index contributed by atoms with van der Waals surface area (Å²) in [4.78, 5) is 27.8. The summed E-state index contributed by atoms with van der Waals surface area (Å²) in [6.07, 6.45) is 2.99. The largest absolute Gasteiger partial charge is 0.493 e. The van der Waals surface area contributed by atoms with Gasteiger partial charge in [-0.25, -0.2) is 0 Å². The first-order valence-electron chi connectivity index (χ1n) is 11.7. The quantitative estimate of drug-likeness (QED) is 0.419. The van der Waals surface area contributed by atoms with E-state index in [0.717, 1.165) is 21.7 Å². The zero-order valence-electron chi connectivity index (χ0n) is 20.6. The highest BCUT2D eigenvalue weighted by molar-refractivity contribution is 7.98. The van der Waals surface area contributed by atoms with Crippen molar-refractivity contribution in [2.45, 2.75) is 36.5 Å². The molecule has 1 N–H and O–H groups in total. The van der Waals surface area contributed by atoms with E-state index in [1.807, 2.05) is 48.7 Å². The van der Waals surface area contributed by atoms with E-state index in [-0.39, 0.29) is 24.3 Å². The number of ketones is 1. The van der Waals surface area contributed by atoms with Crippen molar-refractivity contribution in [2.24, 2.45) is 5.92 Å². The molecule has 0 amide bonds. The Kier molecular flexibility index (Phi) is 7.55.